The lowest BCUT2D eigenvalue weighted by atomic mass is 9.93. The lowest BCUT2D eigenvalue weighted by Crippen LogP contribution is -2.60. The third-order valence-electron chi connectivity index (χ3n) is 3.84. The molecule has 15 heavy (non-hydrogen) atoms. The Balaban J connectivity index is 1.81. The van der Waals surface area contributed by atoms with Crippen molar-refractivity contribution in [2.75, 3.05) is 26.2 Å². The van der Waals surface area contributed by atoms with Crippen LogP contribution in [0.4, 0.5) is 0 Å². The van der Waals surface area contributed by atoms with Crippen LogP contribution >= 0.6 is 0 Å². The van der Waals surface area contributed by atoms with Gasteiger partial charge < -0.3 is 5.32 Å². The molecule has 2 nitrogen and oxygen atoms in total. The fraction of sp³-hybridized carbons (Fsp3) is 0.846. The molecule has 1 saturated heterocycles. The smallest absolute Gasteiger partial charge is 0.0309 e. The number of rotatable bonds is 4. The first kappa shape index (κ1) is 11.2. The number of hydrogen-bond donors (Lipinski definition) is 1. The minimum absolute atomic E-state index is 0.411. The summed E-state index contributed by atoms with van der Waals surface area (Å²) in [5.41, 5.74) is 0.411. The highest BCUT2D eigenvalue weighted by Gasteiger charge is 2.43. The van der Waals surface area contributed by atoms with Gasteiger partial charge in [-0.2, -0.15) is 0 Å². The zero-order valence-electron chi connectivity index (χ0n) is 10.1. The Morgan fingerprint density at radius 2 is 2.27 bits per heavy atom. The minimum atomic E-state index is 0.411. The molecule has 1 saturated carbocycles. The van der Waals surface area contributed by atoms with Crippen molar-refractivity contribution in [3.05, 3.63) is 12.2 Å². The number of nitrogens with one attached hydrogen (secondary N) is 1. The van der Waals surface area contributed by atoms with Crippen molar-refractivity contribution in [3.63, 3.8) is 0 Å². The Hall–Kier alpha value is -0.340. The largest absolute Gasteiger partial charge is 0.309 e. The fourth-order valence-electron chi connectivity index (χ4n) is 2.71. The molecule has 1 heterocycles. The van der Waals surface area contributed by atoms with Crippen LogP contribution in [0.3, 0.4) is 0 Å². The van der Waals surface area contributed by atoms with Gasteiger partial charge in [0.25, 0.3) is 0 Å². The molecule has 0 amide bonds. The molecular weight excluding hydrogens is 184 g/mol. The zero-order chi connectivity index (χ0) is 10.7. The Bertz CT molecular complexity index is 233. The molecule has 86 valence electrons. The molecule has 1 aliphatic carbocycles. The first-order valence-corrected chi connectivity index (χ1v) is 6.33. The first-order chi connectivity index (χ1) is 7.24. The molecule has 0 spiro atoms. The van der Waals surface area contributed by atoms with E-state index in [0.717, 1.165) is 5.92 Å². The molecule has 1 N–H and O–H groups in total. The Kier molecular flexibility index (Phi) is 3.47. The van der Waals surface area contributed by atoms with Gasteiger partial charge in [-0.3, -0.25) is 4.90 Å². The minimum Gasteiger partial charge on any atom is -0.309 e. The van der Waals surface area contributed by atoms with Gasteiger partial charge in [-0.1, -0.05) is 12.2 Å². The molecule has 1 unspecified atom stereocenters. The molecular formula is C13H24N2. The number of nitrogens with zero attached hydrogens (tertiary/aromatic N) is 1. The average molecular weight is 208 g/mol. The third-order valence-corrected chi connectivity index (χ3v) is 3.84. The second kappa shape index (κ2) is 4.67. The molecule has 2 aliphatic rings. The van der Waals surface area contributed by atoms with Gasteiger partial charge in [-0.15, -0.1) is 0 Å². The van der Waals surface area contributed by atoms with Crippen molar-refractivity contribution in [3.8, 4) is 0 Å². The van der Waals surface area contributed by atoms with Crippen LogP contribution in [0, 0.1) is 5.92 Å². The second-order valence-electron chi connectivity index (χ2n) is 5.25. The summed E-state index contributed by atoms with van der Waals surface area (Å²) in [7, 11) is 0. The standard InChI is InChI=1S/C13H24N2/c1-3-4-5-9-15-10-8-14-13(2,11-15)12-6-7-12/h3-4,12,14H,5-11H2,1-2H3/b4-3+. The normalized spacial score (nSPS) is 33.7. The molecule has 0 aromatic rings. The highest BCUT2D eigenvalue weighted by molar-refractivity contribution is 5.02. The van der Waals surface area contributed by atoms with Crippen LogP contribution in [0.2, 0.25) is 0 Å². The Labute approximate surface area is 93.7 Å². The number of allylic oxidation sites excluding steroid dienone is 1. The van der Waals surface area contributed by atoms with Crippen molar-refractivity contribution in [1.82, 2.24) is 10.2 Å². The van der Waals surface area contributed by atoms with Crippen molar-refractivity contribution in [2.45, 2.75) is 38.6 Å². The molecule has 0 aromatic heterocycles. The van der Waals surface area contributed by atoms with Crippen LogP contribution in [0.5, 0.6) is 0 Å². The maximum atomic E-state index is 3.72. The van der Waals surface area contributed by atoms with E-state index in [1.807, 2.05) is 0 Å². The molecule has 0 bridgehead atoms. The molecule has 0 aromatic carbocycles. The second-order valence-corrected chi connectivity index (χ2v) is 5.25. The maximum absolute atomic E-state index is 3.72. The molecule has 1 aliphatic heterocycles. The average Bonchev–Trinajstić information content (AvgIpc) is 3.02. The summed E-state index contributed by atoms with van der Waals surface area (Å²) in [5, 5.41) is 3.72. The highest BCUT2D eigenvalue weighted by Crippen LogP contribution is 2.40. The van der Waals surface area contributed by atoms with E-state index in [9.17, 15) is 0 Å². The van der Waals surface area contributed by atoms with Gasteiger partial charge in [0.05, 0.1) is 0 Å². The molecule has 2 fully saturated rings. The van der Waals surface area contributed by atoms with Crippen LogP contribution in [-0.2, 0) is 0 Å². The van der Waals surface area contributed by atoms with E-state index in [1.54, 1.807) is 0 Å². The summed E-state index contributed by atoms with van der Waals surface area (Å²) in [6.07, 6.45) is 8.51. The van der Waals surface area contributed by atoms with Gasteiger partial charge in [-0.25, -0.2) is 0 Å². The monoisotopic (exact) mass is 208 g/mol. The fourth-order valence-corrected chi connectivity index (χ4v) is 2.71. The predicted molar refractivity (Wildman–Crippen MR) is 65.0 cm³/mol. The highest BCUT2D eigenvalue weighted by atomic mass is 15.2. The lowest BCUT2D eigenvalue weighted by molar-refractivity contribution is 0.129. The van der Waals surface area contributed by atoms with Crippen LogP contribution < -0.4 is 5.32 Å². The van der Waals surface area contributed by atoms with E-state index in [1.165, 1.54) is 45.4 Å². The summed E-state index contributed by atoms with van der Waals surface area (Å²) in [5.74, 6) is 0.946. The SMILES string of the molecule is C/C=C/CCN1CCNC(C)(C2CC2)C1. The van der Waals surface area contributed by atoms with Crippen molar-refractivity contribution < 1.29 is 0 Å². The Morgan fingerprint density at radius 1 is 1.47 bits per heavy atom. The molecule has 0 radical (unpaired) electrons. The topological polar surface area (TPSA) is 15.3 Å². The van der Waals surface area contributed by atoms with E-state index in [4.69, 9.17) is 0 Å². The van der Waals surface area contributed by atoms with Crippen molar-refractivity contribution >= 4 is 0 Å². The van der Waals surface area contributed by atoms with E-state index >= 15 is 0 Å². The van der Waals surface area contributed by atoms with Gasteiger partial charge in [0, 0.05) is 31.7 Å². The van der Waals surface area contributed by atoms with Crippen molar-refractivity contribution in [1.29, 1.82) is 0 Å². The summed E-state index contributed by atoms with van der Waals surface area (Å²) >= 11 is 0. The summed E-state index contributed by atoms with van der Waals surface area (Å²) in [6, 6.07) is 0. The quantitative estimate of drug-likeness (QED) is 0.711. The molecule has 2 heteroatoms. The third kappa shape index (κ3) is 2.82. The number of hydrogen-bond acceptors (Lipinski definition) is 2. The first-order valence-electron chi connectivity index (χ1n) is 6.33. The van der Waals surface area contributed by atoms with Crippen LogP contribution in [0.15, 0.2) is 12.2 Å². The van der Waals surface area contributed by atoms with Gasteiger partial charge in [0.2, 0.25) is 0 Å². The lowest BCUT2D eigenvalue weighted by Gasteiger charge is -2.42. The van der Waals surface area contributed by atoms with Gasteiger partial charge in [-0.05, 0) is 39.0 Å². The molecule has 2 rings (SSSR count). The summed E-state index contributed by atoms with van der Waals surface area (Å²) in [6.45, 7) is 9.38. The molecule has 1 atom stereocenters. The number of piperazine rings is 1. The van der Waals surface area contributed by atoms with Crippen LogP contribution in [0.25, 0.3) is 0 Å². The van der Waals surface area contributed by atoms with Crippen LogP contribution in [0.1, 0.15) is 33.1 Å². The van der Waals surface area contributed by atoms with E-state index in [-0.39, 0.29) is 0 Å². The van der Waals surface area contributed by atoms with Crippen molar-refractivity contribution in [2.24, 2.45) is 5.92 Å². The summed E-state index contributed by atoms with van der Waals surface area (Å²) in [4.78, 5) is 2.62. The predicted octanol–water partition coefficient (Wildman–Crippen LogP) is 2.03. The van der Waals surface area contributed by atoms with E-state index in [2.05, 4.69) is 36.2 Å². The van der Waals surface area contributed by atoms with Gasteiger partial charge in [0.15, 0.2) is 0 Å². The van der Waals surface area contributed by atoms with Gasteiger partial charge in [0.1, 0.15) is 0 Å². The zero-order valence-corrected chi connectivity index (χ0v) is 10.1. The van der Waals surface area contributed by atoms with Crippen LogP contribution in [-0.4, -0.2) is 36.6 Å². The Morgan fingerprint density at radius 3 is 2.93 bits per heavy atom. The maximum Gasteiger partial charge on any atom is 0.0309 e. The summed E-state index contributed by atoms with van der Waals surface area (Å²) < 4.78 is 0. The van der Waals surface area contributed by atoms with E-state index < -0.39 is 0 Å². The van der Waals surface area contributed by atoms with Gasteiger partial charge >= 0.3 is 0 Å². The van der Waals surface area contributed by atoms with E-state index in [0.29, 0.717) is 5.54 Å².